The van der Waals surface area contributed by atoms with E-state index in [0.717, 1.165) is 17.3 Å². The summed E-state index contributed by atoms with van der Waals surface area (Å²) in [5.74, 6) is 0.921. The molecule has 2 rings (SSSR count). The quantitative estimate of drug-likeness (QED) is 0.845. The Morgan fingerprint density at radius 2 is 2.00 bits per heavy atom. The van der Waals surface area contributed by atoms with Crippen molar-refractivity contribution in [3.05, 3.63) is 22.8 Å². The first kappa shape index (κ1) is 12.6. The lowest BCUT2D eigenvalue weighted by atomic mass is 9.99. The first-order valence-corrected chi connectivity index (χ1v) is 6.97. The maximum atomic E-state index is 12.1. The standard InChI is InChI=1S/C13H17BrN2O/c14-11-7-8-15-12(9-11)16-13(17)10-5-3-1-2-4-6-10/h7-10H,1-6H2,(H,15,16,17). The van der Waals surface area contributed by atoms with Gasteiger partial charge in [0.1, 0.15) is 5.82 Å². The fourth-order valence-corrected chi connectivity index (χ4v) is 2.58. The van der Waals surface area contributed by atoms with E-state index in [1.54, 1.807) is 6.20 Å². The second-order valence-electron chi connectivity index (χ2n) is 4.54. The molecule has 0 atom stereocenters. The summed E-state index contributed by atoms with van der Waals surface area (Å²) in [6.45, 7) is 0. The van der Waals surface area contributed by atoms with Crippen LogP contribution in [0.25, 0.3) is 0 Å². The Bertz CT molecular complexity index is 387. The van der Waals surface area contributed by atoms with E-state index in [9.17, 15) is 4.79 Å². The van der Waals surface area contributed by atoms with Crippen molar-refractivity contribution in [3.8, 4) is 0 Å². The lowest BCUT2D eigenvalue weighted by molar-refractivity contribution is -0.120. The molecule has 1 aliphatic carbocycles. The number of halogens is 1. The van der Waals surface area contributed by atoms with Crippen LogP contribution in [0.5, 0.6) is 0 Å². The maximum absolute atomic E-state index is 12.1. The van der Waals surface area contributed by atoms with E-state index >= 15 is 0 Å². The second kappa shape index (κ2) is 6.15. The second-order valence-corrected chi connectivity index (χ2v) is 5.45. The molecule has 1 aromatic heterocycles. The van der Waals surface area contributed by atoms with Crippen LogP contribution in [-0.4, -0.2) is 10.9 Å². The van der Waals surface area contributed by atoms with Crippen molar-refractivity contribution < 1.29 is 4.79 Å². The number of pyridine rings is 1. The first-order chi connectivity index (χ1) is 8.25. The number of nitrogens with zero attached hydrogens (tertiary/aromatic N) is 1. The molecule has 4 heteroatoms. The molecule has 1 fully saturated rings. The molecular formula is C13H17BrN2O. The zero-order chi connectivity index (χ0) is 12.1. The Hall–Kier alpha value is -0.900. The number of hydrogen-bond donors (Lipinski definition) is 1. The van der Waals surface area contributed by atoms with Gasteiger partial charge >= 0.3 is 0 Å². The van der Waals surface area contributed by atoms with E-state index in [0.29, 0.717) is 5.82 Å². The van der Waals surface area contributed by atoms with Crippen molar-refractivity contribution in [2.75, 3.05) is 5.32 Å². The molecule has 0 saturated heterocycles. The number of hydrogen-bond acceptors (Lipinski definition) is 2. The fourth-order valence-electron chi connectivity index (χ4n) is 2.24. The average molecular weight is 297 g/mol. The lowest BCUT2D eigenvalue weighted by Crippen LogP contribution is -2.22. The fraction of sp³-hybridized carbons (Fsp3) is 0.538. The average Bonchev–Trinajstić information content (AvgIpc) is 2.57. The van der Waals surface area contributed by atoms with Crippen molar-refractivity contribution >= 4 is 27.7 Å². The zero-order valence-corrected chi connectivity index (χ0v) is 11.4. The van der Waals surface area contributed by atoms with Gasteiger partial charge in [-0.2, -0.15) is 0 Å². The molecule has 0 radical (unpaired) electrons. The van der Waals surface area contributed by atoms with Crippen molar-refractivity contribution in [2.45, 2.75) is 38.5 Å². The predicted molar refractivity (Wildman–Crippen MR) is 71.8 cm³/mol. The minimum atomic E-state index is 0.123. The van der Waals surface area contributed by atoms with E-state index in [1.807, 2.05) is 12.1 Å². The highest BCUT2D eigenvalue weighted by molar-refractivity contribution is 9.10. The summed E-state index contributed by atoms with van der Waals surface area (Å²) in [4.78, 5) is 16.2. The number of amides is 1. The van der Waals surface area contributed by atoms with E-state index in [1.165, 1.54) is 25.7 Å². The smallest absolute Gasteiger partial charge is 0.228 e. The predicted octanol–water partition coefficient (Wildman–Crippen LogP) is 3.75. The van der Waals surface area contributed by atoms with Crippen molar-refractivity contribution in [2.24, 2.45) is 5.92 Å². The third-order valence-electron chi connectivity index (χ3n) is 3.20. The molecule has 0 spiro atoms. The third kappa shape index (κ3) is 3.80. The van der Waals surface area contributed by atoms with Gasteiger partial charge in [-0.05, 0) is 25.0 Å². The minimum Gasteiger partial charge on any atom is -0.310 e. The van der Waals surface area contributed by atoms with Crippen LogP contribution < -0.4 is 5.32 Å². The van der Waals surface area contributed by atoms with Gasteiger partial charge in [0.05, 0.1) is 0 Å². The Morgan fingerprint density at radius 1 is 1.29 bits per heavy atom. The Labute approximate surface area is 110 Å². The molecule has 1 aromatic rings. The highest BCUT2D eigenvalue weighted by atomic mass is 79.9. The number of carbonyl (C=O) groups is 1. The van der Waals surface area contributed by atoms with Crippen LogP contribution in [0, 0.1) is 5.92 Å². The molecule has 17 heavy (non-hydrogen) atoms. The van der Waals surface area contributed by atoms with Crippen LogP contribution >= 0.6 is 15.9 Å². The summed E-state index contributed by atoms with van der Waals surface area (Å²) in [6.07, 6.45) is 8.58. The monoisotopic (exact) mass is 296 g/mol. The van der Waals surface area contributed by atoms with Gasteiger partial charge in [-0.15, -0.1) is 0 Å². The molecule has 92 valence electrons. The van der Waals surface area contributed by atoms with Gasteiger partial charge in [-0.25, -0.2) is 4.98 Å². The third-order valence-corrected chi connectivity index (χ3v) is 3.69. The van der Waals surface area contributed by atoms with Gasteiger partial charge in [-0.1, -0.05) is 41.6 Å². The molecule has 0 aliphatic heterocycles. The van der Waals surface area contributed by atoms with E-state index < -0.39 is 0 Å². The summed E-state index contributed by atoms with van der Waals surface area (Å²) in [7, 11) is 0. The van der Waals surface area contributed by atoms with Crippen LogP contribution in [0.3, 0.4) is 0 Å². The van der Waals surface area contributed by atoms with Crippen LogP contribution in [0.15, 0.2) is 22.8 Å². The molecular weight excluding hydrogens is 280 g/mol. The highest BCUT2D eigenvalue weighted by Crippen LogP contribution is 2.24. The van der Waals surface area contributed by atoms with Gasteiger partial charge in [0, 0.05) is 16.6 Å². The SMILES string of the molecule is O=C(Nc1cc(Br)ccn1)C1CCCCCC1. The summed E-state index contributed by atoms with van der Waals surface area (Å²) >= 11 is 3.37. The van der Waals surface area contributed by atoms with Crippen LogP contribution in [0.1, 0.15) is 38.5 Å². The molecule has 1 heterocycles. The molecule has 0 unspecified atom stereocenters. The Morgan fingerprint density at radius 3 is 2.65 bits per heavy atom. The van der Waals surface area contributed by atoms with Gasteiger partial charge in [-0.3, -0.25) is 4.79 Å². The molecule has 0 bridgehead atoms. The van der Waals surface area contributed by atoms with Gasteiger partial charge in [0.15, 0.2) is 0 Å². The van der Waals surface area contributed by atoms with Gasteiger partial charge in [0.2, 0.25) is 5.91 Å². The topological polar surface area (TPSA) is 42.0 Å². The van der Waals surface area contributed by atoms with Crippen LogP contribution in [0.2, 0.25) is 0 Å². The first-order valence-electron chi connectivity index (χ1n) is 6.18. The van der Waals surface area contributed by atoms with Crippen molar-refractivity contribution in [3.63, 3.8) is 0 Å². The summed E-state index contributed by atoms with van der Waals surface area (Å²) in [6, 6.07) is 3.68. The van der Waals surface area contributed by atoms with E-state index in [-0.39, 0.29) is 11.8 Å². The summed E-state index contributed by atoms with van der Waals surface area (Å²) in [5.41, 5.74) is 0. The normalized spacial score (nSPS) is 17.5. The highest BCUT2D eigenvalue weighted by Gasteiger charge is 2.20. The number of nitrogens with one attached hydrogen (secondary N) is 1. The lowest BCUT2D eigenvalue weighted by Gasteiger charge is -2.13. The van der Waals surface area contributed by atoms with Crippen LogP contribution in [0.4, 0.5) is 5.82 Å². The molecule has 0 aromatic carbocycles. The molecule has 1 aliphatic rings. The zero-order valence-electron chi connectivity index (χ0n) is 9.79. The molecule has 1 amide bonds. The largest absolute Gasteiger partial charge is 0.310 e. The number of rotatable bonds is 2. The Balaban J connectivity index is 1.95. The number of anilines is 1. The van der Waals surface area contributed by atoms with Crippen LogP contribution in [-0.2, 0) is 4.79 Å². The van der Waals surface area contributed by atoms with E-state index in [2.05, 4.69) is 26.2 Å². The summed E-state index contributed by atoms with van der Waals surface area (Å²) in [5, 5.41) is 2.90. The van der Waals surface area contributed by atoms with Crippen molar-refractivity contribution in [1.82, 2.24) is 4.98 Å². The maximum Gasteiger partial charge on any atom is 0.228 e. The minimum absolute atomic E-state index is 0.123. The summed E-state index contributed by atoms with van der Waals surface area (Å²) < 4.78 is 0.934. The van der Waals surface area contributed by atoms with E-state index in [4.69, 9.17) is 0 Å². The molecule has 3 nitrogen and oxygen atoms in total. The Kier molecular flexibility index (Phi) is 4.54. The molecule has 1 saturated carbocycles. The number of carbonyl (C=O) groups excluding carboxylic acids is 1. The van der Waals surface area contributed by atoms with Gasteiger partial charge in [0.25, 0.3) is 0 Å². The van der Waals surface area contributed by atoms with Crippen molar-refractivity contribution in [1.29, 1.82) is 0 Å². The number of aromatic nitrogens is 1. The molecule has 1 N–H and O–H groups in total. The van der Waals surface area contributed by atoms with Gasteiger partial charge < -0.3 is 5.32 Å².